The van der Waals surface area contributed by atoms with E-state index in [0.717, 1.165) is 29.1 Å². The van der Waals surface area contributed by atoms with Crippen molar-refractivity contribution in [3.8, 4) is 11.3 Å². The molecule has 0 saturated carbocycles. The number of benzene rings is 1. The molecule has 0 aliphatic heterocycles. The fourth-order valence-electron chi connectivity index (χ4n) is 2.92. The van der Waals surface area contributed by atoms with Crippen LogP contribution < -0.4 is 5.32 Å². The maximum Gasteiger partial charge on any atom is 0.137 e. The first kappa shape index (κ1) is 15.4. The van der Waals surface area contributed by atoms with Crippen molar-refractivity contribution in [1.82, 2.24) is 19.2 Å². The molecule has 5 heteroatoms. The minimum atomic E-state index is 0.210. The van der Waals surface area contributed by atoms with Crippen LogP contribution in [-0.4, -0.2) is 19.2 Å². The fourth-order valence-corrected chi connectivity index (χ4v) is 2.92. The maximum absolute atomic E-state index is 4.66. The number of aryl methyl sites for hydroxylation is 1. The van der Waals surface area contributed by atoms with Crippen LogP contribution in [0.4, 0.5) is 5.69 Å². The molecule has 4 rings (SSSR count). The summed E-state index contributed by atoms with van der Waals surface area (Å²) in [4.78, 5) is 4.66. The van der Waals surface area contributed by atoms with Gasteiger partial charge in [0.05, 0.1) is 17.9 Å². The van der Waals surface area contributed by atoms with E-state index in [9.17, 15) is 0 Å². The molecule has 4 aromatic rings. The molecule has 1 unspecified atom stereocenters. The molecule has 25 heavy (non-hydrogen) atoms. The van der Waals surface area contributed by atoms with E-state index in [1.54, 1.807) is 0 Å². The Balaban J connectivity index is 1.51. The Kier molecular flexibility index (Phi) is 3.98. The number of anilines is 1. The first-order valence-corrected chi connectivity index (χ1v) is 8.56. The average molecular weight is 331 g/mol. The Morgan fingerprint density at radius 1 is 1.08 bits per heavy atom. The highest BCUT2D eigenvalue weighted by molar-refractivity contribution is 5.65. The van der Waals surface area contributed by atoms with E-state index in [4.69, 9.17) is 0 Å². The van der Waals surface area contributed by atoms with Gasteiger partial charge in [0.25, 0.3) is 0 Å². The Morgan fingerprint density at radius 3 is 2.64 bits per heavy atom. The van der Waals surface area contributed by atoms with E-state index in [0.29, 0.717) is 0 Å². The van der Waals surface area contributed by atoms with Gasteiger partial charge in [0.15, 0.2) is 0 Å². The van der Waals surface area contributed by atoms with Crippen LogP contribution >= 0.6 is 0 Å². The molecule has 3 aromatic heterocycles. The van der Waals surface area contributed by atoms with E-state index >= 15 is 0 Å². The van der Waals surface area contributed by atoms with Crippen molar-refractivity contribution < 1.29 is 0 Å². The maximum atomic E-state index is 4.66. The molecule has 5 nitrogen and oxygen atoms in total. The van der Waals surface area contributed by atoms with Crippen molar-refractivity contribution in [2.24, 2.45) is 0 Å². The summed E-state index contributed by atoms with van der Waals surface area (Å²) in [5.74, 6) is 0. The van der Waals surface area contributed by atoms with E-state index in [1.165, 1.54) is 5.56 Å². The molecule has 1 aromatic carbocycles. The van der Waals surface area contributed by atoms with Gasteiger partial charge in [-0.05, 0) is 38.1 Å². The van der Waals surface area contributed by atoms with Gasteiger partial charge in [-0.25, -0.2) is 4.98 Å². The predicted molar refractivity (Wildman–Crippen MR) is 101 cm³/mol. The molecule has 126 valence electrons. The van der Waals surface area contributed by atoms with Crippen molar-refractivity contribution >= 4 is 11.3 Å². The molecule has 0 aliphatic carbocycles. The fraction of sp³-hybridized carbons (Fsp3) is 0.200. The molecule has 1 atom stereocenters. The summed E-state index contributed by atoms with van der Waals surface area (Å²) in [6, 6.07) is 14.6. The molecule has 0 radical (unpaired) electrons. The quantitative estimate of drug-likeness (QED) is 0.590. The highest BCUT2D eigenvalue weighted by atomic mass is 15.3. The number of nitrogens with one attached hydrogen (secondary N) is 1. The van der Waals surface area contributed by atoms with Gasteiger partial charge in [0.2, 0.25) is 0 Å². The Hall–Kier alpha value is -3.08. The molecule has 3 heterocycles. The standard InChI is InChI=1S/C20H21N5/c1-3-25-13-17(12-21-25)15(2)22-18-9-7-16(8-10-18)19-14-24-11-5-4-6-20(24)23-19/h4-15,22H,3H2,1-2H3. The molecule has 0 saturated heterocycles. The highest BCUT2D eigenvalue weighted by Crippen LogP contribution is 2.24. The Bertz CT molecular complexity index is 948. The lowest BCUT2D eigenvalue weighted by molar-refractivity contribution is 0.658. The van der Waals surface area contributed by atoms with Gasteiger partial charge in [-0.1, -0.05) is 18.2 Å². The van der Waals surface area contributed by atoms with Gasteiger partial charge >= 0.3 is 0 Å². The van der Waals surface area contributed by atoms with Crippen LogP contribution in [0.15, 0.2) is 67.3 Å². The molecule has 0 bridgehead atoms. The lowest BCUT2D eigenvalue weighted by Crippen LogP contribution is -2.05. The van der Waals surface area contributed by atoms with Gasteiger partial charge < -0.3 is 9.72 Å². The number of imidazole rings is 1. The minimum absolute atomic E-state index is 0.210. The monoisotopic (exact) mass is 331 g/mol. The van der Waals surface area contributed by atoms with Crippen molar-refractivity contribution in [1.29, 1.82) is 0 Å². The number of fused-ring (bicyclic) bond motifs is 1. The molecular weight excluding hydrogens is 310 g/mol. The van der Waals surface area contributed by atoms with Gasteiger partial charge in [-0.2, -0.15) is 5.10 Å². The lowest BCUT2D eigenvalue weighted by atomic mass is 10.1. The summed E-state index contributed by atoms with van der Waals surface area (Å²) in [5, 5.41) is 7.86. The largest absolute Gasteiger partial charge is 0.378 e. The Labute approximate surface area is 147 Å². The summed E-state index contributed by atoms with van der Waals surface area (Å²) < 4.78 is 3.98. The second-order valence-electron chi connectivity index (χ2n) is 6.16. The highest BCUT2D eigenvalue weighted by Gasteiger charge is 2.09. The second-order valence-corrected chi connectivity index (χ2v) is 6.16. The van der Waals surface area contributed by atoms with Gasteiger partial charge in [0.1, 0.15) is 5.65 Å². The van der Waals surface area contributed by atoms with Gasteiger partial charge in [-0.3, -0.25) is 4.68 Å². The van der Waals surface area contributed by atoms with E-state index in [2.05, 4.69) is 65.9 Å². The third-order valence-electron chi connectivity index (χ3n) is 4.41. The van der Waals surface area contributed by atoms with Crippen LogP contribution in [0.3, 0.4) is 0 Å². The van der Waals surface area contributed by atoms with Crippen molar-refractivity contribution in [3.05, 3.63) is 72.8 Å². The van der Waals surface area contributed by atoms with Crippen LogP contribution in [0.1, 0.15) is 25.5 Å². The number of pyridine rings is 1. The van der Waals surface area contributed by atoms with Gasteiger partial charge in [0, 0.05) is 41.9 Å². The molecule has 1 N–H and O–H groups in total. The van der Waals surface area contributed by atoms with Crippen LogP contribution in [0.5, 0.6) is 0 Å². The summed E-state index contributed by atoms with van der Waals surface area (Å²) in [6.45, 7) is 5.13. The topological polar surface area (TPSA) is 47.2 Å². The molecule has 0 fully saturated rings. The summed E-state index contributed by atoms with van der Waals surface area (Å²) in [6.07, 6.45) is 8.08. The molecular formula is C20H21N5. The summed E-state index contributed by atoms with van der Waals surface area (Å²) >= 11 is 0. The minimum Gasteiger partial charge on any atom is -0.378 e. The van der Waals surface area contributed by atoms with Crippen molar-refractivity contribution in [2.45, 2.75) is 26.4 Å². The van der Waals surface area contributed by atoms with Crippen LogP contribution in [0.25, 0.3) is 16.9 Å². The first-order valence-electron chi connectivity index (χ1n) is 8.56. The zero-order valence-electron chi connectivity index (χ0n) is 14.4. The van der Waals surface area contributed by atoms with Crippen molar-refractivity contribution in [2.75, 3.05) is 5.32 Å². The first-order chi connectivity index (χ1) is 12.2. The van der Waals surface area contributed by atoms with E-state index in [-0.39, 0.29) is 6.04 Å². The zero-order chi connectivity index (χ0) is 17.2. The molecule has 0 amide bonds. The number of nitrogens with zero attached hydrogens (tertiary/aromatic N) is 4. The third-order valence-corrected chi connectivity index (χ3v) is 4.41. The predicted octanol–water partition coefficient (Wildman–Crippen LogP) is 4.39. The van der Waals surface area contributed by atoms with Gasteiger partial charge in [-0.15, -0.1) is 0 Å². The van der Waals surface area contributed by atoms with Crippen molar-refractivity contribution in [3.63, 3.8) is 0 Å². The molecule has 0 spiro atoms. The zero-order valence-corrected chi connectivity index (χ0v) is 14.4. The average Bonchev–Trinajstić information content (AvgIpc) is 3.29. The number of hydrogen-bond donors (Lipinski definition) is 1. The lowest BCUT2D eigenvalue weighted by Gasteiger charge is -2.13. The number of aromatic nitrogens is 4. The van der Waals surface area contributed by atoms with E-state index < -0.39 is 0 Å². The number of hydrogen-bond acceptors (Lipinski definition) is 3. The van der Waals surface area contributed by atoms with Crippen LogP contribution in [0.2, 0.25) is 0 Å². The third kappa shape index (κ3) is 3.13. The Morgan fingerprint density at radius 2 is 1.92 bits per heavy atom. The molecule has 0 aliphatic rings. The smallest absolute Gasteiger partial charge is 0.137 e. The SMILES string of the molecule is CCn1cc(C(C)Nc2ccc(-c3cn4ccccc4n3)cc2)cn1. The number of rotatable bonds is 5. The van der Waals surface area contributed by atoms with Crippen LogP contribution in [0, 0.1) is 0 Å². The normalized spacial score (nSPS) is 12.4. The summed E-state index contributed by atoms with van der Waals surface area (Å²) in [5.41, 5.74) is 5.33. The van der Waals surface area contributed by atoms with Crippen LogP contribution in [-0.2, 0) is 6.54 Å². The summed E-state index contributed by atoms with van der Waals surface area (Å²) in [7, 11) is 0. The van der Waals surface area contributed by atoms with E-state index in [1.807, 2.05) is 39.7 Å². The second kappa shape index (κ2) is 6.43.